The van der Waals surface area contributed by atoms with Crippen molar-refractivity contribution in [1.29, 1.82) is 0 Å². The van der Waals surface area contributed by atoms with E-state index >= 15 is 0 Å². The summed E-state index contributed by atoms with van der Waals surface area (Å²) >= 11 is 0. The van der Waals surface area contributed by atoms with Crippen LogP contribution in [0.5, 0.6) is 0 Å². The van der Waals surface area contributed by atoms with Gasteiger partial charge in [-0.2, -0.15) is 0 Å². The summed E-state index contributed by atoms with van der Waals surface area (Å²) in [5.41, 5.74) is 0.820. The standard InChI is InChI=1S/C18H25NO2/c1-14(20)18(2,12-15-8-4-3-5-9-15)13-19-17(21)16-10-6-7-11-16/h3-9,14,16,20H,10-13H2,1-2H3,(H,19,21)/t14-,18+/m0/s1. The van der Waals surface area contributed by atoms with Gasteiger partial charge in [-0.1, -0.05) is 49.4 Å². The molecule has 0 radical (unpaired) electrons. The summed E-state index contributed by atoms with van der Waals surface area (Å²) in [6.45, 7) is 4.32. The molecule has 114 valence electrons. The zero-order valence-electron chi connectivity index (χ0n) is 12.9. The van der Waals surface area contributed by atoms with Crippen LogP contribution in [0, 0.1) is 11.3 Å². The summed E-state index contributed by atoms with van der Waals surface area (Å²) in [7, 11) is 0. The van der Waals surface area contributed by atoms with Gasteiger partial charge in [0.2, 0.25) is 5.91 Å². The first-order chi connectivity index (χ1) is 10.0. The van der Waals surface area contributed by atoms with Crippen LogP contribution >= 0.6 is 0 Å². The predicted molar refractivity (Wildman–Crippen MR) is 84.8 cm³/mol. The van der Waals surface area contributed by atoms with Crippen molar-refractivity contribution in [3.05, 3.63) is 48.0 Å². The number of carbonyl (C=O) groups excluding carboxylic acids is 1. The third-order valence-corrected chi connectivity index (χ3v) is 4.50. The highest BCUT2D eigenvalue weighted by Crippen LogP contribution is 2.27. The largest absolute Gasteiger partial charge is 0.393 e. The number of hydrogen-bond donors (Lipinski definition) is 2. The van der Waals surface area contributed by atoms with Crippen molar-refractivity contribution in [1.82, 2.24) is 5.32 Å². The molecule has 0 aliphatic heterocycles. The molecule has 3 nitrogen and oxygen atoms in total. The summed E-state index contributed by atoms with van der Waals surface area (Å²) in [6, 6.07) is 10.1. The number of aliphatic hydroxyl groups excluding tert-OH is 1. The number of nitrogens with one attached hydrogen (secondary N) is 1. The number of aliphatic hydroxyl groups is 1. The van der Waals surface area contributed by atoms with Gasteiger partial charge in [0.1, 0.15) is 0 Å². The van der Waals surface area contributed by atoms with Gasteiger partial charge in [0.25, 0.3) is 0 Å². The van der Waals surface area contributed by atoms with E-state index in [1.54, 1.807) is 6.92 Å². The third-order valence-electron chi connectivity index (χ3n) is 4.50. The predicted octanol–water partition coefficient (Wildman–Crippen LogP) is 2.70. The minimum atomic E-state index is -0.486. The Kier molecular flexibility index (Phi) is 5.18. The third kappa shape index (κ3) is 4.18. The number of hydrogen-bond acceptors (Lipinski definition) is 2. The lowest BCUT2D eigenvalue weighted by atomic mass is 9.79. The molecule has 21 heavy (non-hydrogen) atoms. The van der Waals surface area contributed by atoms with Gasteiger partial charge < -0.3 is 10.4 Å². The topological polar surface area (TPSA) is 49.3 Å². The number of benzene rings is 1. The Labute approximate surface area is 127 Å². The molecule has 0 saturated heterocycles. The Morgan fingerprint density at radius 2 is 1.95 bits per heavy atom. The molecule has 2 N–H and O–H groups in total. The molecule has 3 heteroatoms. The summed E-state index contributed by atoms with van der Waals surface area (Å²) in [5, 5.41) is 13.2. The minimum Gasteiger partial charge on any atom is -0.393 e. The van der Waals surface area contributed by atoms with Crippen molar-refractivity contribution in [2.75, 3.05) is 6.54 Å². The highest BCUT2D eigenvalue weighted by molar-refractivity contribution is 5.79. The number of allylic oxidation sites excluding steroid dienone is 2. The normalized spacial score (nSPS) is 19.2. The first-order valence-corrected chi connectivity index (χ1v) is 7.66. The molecular weight excluding hydrogens is 262 g/mol. The van der Waals surface area contributed by atoms with Crippen LogP contribution in [-0.2, 0) is 11.2 Å². The van der Waals surface area contributed by atoms with Crippen molar-refractivity contribution in [2.45, 2.75) is 39.2 Å². The molecule has 1 aliphatic rings. The molecule has 0 heterocycles. The molecule has 0 bridgehead atoms. The fourth-order valence-corrected chi connectivity index (χ4v) is 2.68. The average Bonchev–Trinajstić information content (AvgIpc) is 3.00. The van der Waals surface area contributed by atoms with Crippen molar-refractivity contribution >= 4 is 5.91 Å². The number of carbonyl (C=O) groups is 1. The van der Waals surface area contributed by atoms with Crippen molar-refractivity contribution in [3.8, 4) is 0 Å². The van der Waals surface area contributed by atoms with Crippen molar-refractivity contribution in [3.63, 3.8) is 0 Å². The van der Waals surface area contributed by atoms with E-state index in [1.165, 1.54) is 5.56 Å². The SMILES string of the molecule is C[C@H](O)[C@@](C)(CNC(=O)C1CC=CC1)Cc1ccccc1. The van der Waals surface area contributed by atoms with Crippen LogP contribution in [0.1, 0.15) is 32.3 Å². The fourth-order valence-electron chi connectivity index (χ4n) is 2.68. The van der Waals surface area contributed by atoms with E-state index < -0.39 is 6.10 Å². The lowest BCUT2D eigenvalue weighted by molar-refractivity contribution is -0.125. The Morgan fingerprint density at radius 3 is 2.52 bits per heavy atom. The van der Waals surface area contributed by atoms with Crippen LogP contribution < -0.4 is 5.32 Å². The molecule has 1 aromatic carbocycles. The van der Waals surface area contributed by atoms with Gasteiger partial charge in [0.15, 0.2) is 0 Å². The Bertz CT molecular complexity index is 487. The average molecular weight is 287 g/mol. The lowest BCUT2D eigenvalue weighted by Gasteiger charge is -2.33. The molecule has 2 rings (SSSR count). The molecule has 0 aromatic heterocycles. The summed E-state index contributed by atoms with van der Waals surface area (Å²) in [5.74, 6) is 0.167. The second-order valence-corrected chi connectivity index (χ2v) is 6.35. The van der Waals surface area contributed by atoms with Gasteiger partial charge in [-0.25, -0.2) is 0 Å². The van der Waals surface area contributed by atoms with Crippen LogP contribution in [0.4, 0.5) is 0 Å². The van der Waals surface area contributed by atoms with Crippen molar-refractivity contribution in [2.24, 2.45) is 11.3 Å². The van der Waals surface area contributed by atoms with Crippen molar-refractivity contribution < 1.29 is 9.90 Å². The summed E-state index contributed by atoms with van der Waals surface area (Å²) in [4.78, 5) is 12.1. The second-order valence-electron chi connectivity index (χ2n) is 6.35. The number of amides is 1. The van der Waals surface area contributed by atoms with Crippen LogP contribution in [0.25, 0.3) is 0 Å². The molecule has 2 atom stereocenters. The maximum atomic E-state index is 12.1. The monoisotopic (exact) mass is 287 g/mol. The van der Waals surface area contributed by atoms with E-state index in [4.69, 9.17) is 0 Å². The Morgan fingerprint density at radius 1 is 1.33 bits per heavy atom. The van der Waals surface area contributed by atoms with Gasteiger partial charge in [0.05, 0.1) is 6.10 Å². The van der Waals surface area contributed by atoms with E-state index in [0.29, 0.717) is 6.54 Å². The highest BCUT2D eigenvalue weighted by Gasteiger charge is 2.31. The Hall–Kier alpha value is -1.61. The zero-order chi connectivity index (χ0) is 15.3. The van der Waals surface area contributed by atoms with Gasteiger partial charge in [-0.15, -0.1) is 0 Å². The maximum Gasteiger partial charge on any atom is 0.223 e. The van der Waals surface area contributed by atoms with Crippen LogP contribution in [0.15, 0.2) is 42.5 Å². The molecular formula is C18H25NO2. The lowest BCUT2D eigenvalue weighted by Crippen LogP contribution is -2.45. The minimum absolute atomic E-state index is 0.0694. The Balaban J connectivity index is 1.96. The maximum absolute atomic E-state index is 12.1. The van der Waals surface area contributed by atoms with E-state index in [-0.39, 0.29) is 17.2 Å². The zero-order valence-corrected chi connectivity index (χ0v) is 12.9. The summed E-state index contributed by atoms with van der Waals surface area (Å²) in [6.07, 6.45) is 6.03. The smallest absolute Gasteiger partial charge is 0.223 e. The van der Waals surface area contributed by atoms with E-state index in [1.807, 2.05) is 25.1 Å². The molecule has 0 spiro atoms. The summed E-state index contributed by atoms with van der Waals surface area (Å²) < 4.78 is 0. The van der Waals surface area contributed by atoms with Gasteiger partial charge in [0, 0.05) is 17.9 Å². The fraction of sp³-hybridized carbons (Fsp3) is 0.500. The van der Waals surface area contributed by atoms with Gasteiger partial charge >= 0.3 is 0 Å². The molecule has 1 aromatic rings. The first kappa shape index (κ1) is 15.8. The van der Waals surface area contributed by atoms with Crippen LogP contribution in [0.2, 0.25) is 0 Å². The van der Waals surface area contributed by atoms with E-state index in [2.05, 4.69) is 29.6 Å². The van der Waals surface area contributed by atoms with E-state index in [0.717, 1.165) is 19.3 Å². The van der Waals surface area contributed by atoms with E-state index in [9.17, 15) is 9.90 Å². The highest BCUT2D eigenvalue weighted by atomic mass is 16.3. The van der Waals surface area contributed by atoms with Gasteiger partial charge in [-0.05, 0) is 31.7 Å². The molecule has 1 aliphatic carbocycles. The molecule has 0 saturated carbocycles. The first-order valence-electron chi connectivity index (χ1n) is 7.66. The molecule has 1 amide bonds. The molecule has 0 unspecified atom stereocenters. The molecule has 0 fully saturated rings. The number of rotatable bonds is 6. The van der Waals surface area contributed by atoms with Gasteiger partial charge in [-0.3, -0.25) is 4.79 Å². The quantitative estimate of drug-likeness (QED) is 0.790. The second kappa shape index (κ2) is 6.90. The van der Waals surface area contributed by atoms with Crippen LogP contribution in [-0.4, -0.2) is 23.7 Å². The van der Waals surface area contributed by atoms with Crippen LogP contribution in [0.3, 0.4) is 0 Å².